The molecule has 1 heterocycles. The van der Waals surface area contributed by atoms with Gasteiger partial charge in [-0.05, 0) is 48.4 Å². The van der Waals surface area contributed by atoms with Crippen LogP contribution in [0.3, 0.4) is 0 Å². The average molecular weight is 282 g/mol. The molecule has 0 radical (unpaired) electrons. The van der Waals surface area contributed by atoms with Crippen LogP contribution in [-0.2, 0) is 19.6 Å². The average Bonchev–Trinajstić information content (AvgIpc) is 2.53. The number of ether oxygens (including phenoxy) is 1. The summed E-state index contributed by atoms with van der Waals surface area (Å²) >= 11 is 0. The lowest BCUT2D eigenvalue weighted by molar-refractivity contribution is 0.299. The molecule has 0 unspecified atom stereocenters. The largest absolute Gasteiger partial charge is 0.489 e. The van der Waals surface area contributed by atoms with E-state index in [4.69, 9.17) is 10.00 Å². The quantitative estimate of drug-likeness (QED) is 0.941. The summed E-state index contributed by atoms with van der Waals surface area (Å²) in [6.45, 7) is 2.01. The van der Waals surface area contributed by atoms with Crippen LogP contribution in [0.1, 0.15) is 22.3 Å². The van der Waals surface area contributed by atoms with Crippen LogP contribution in [-0.4, -0.2) is 6.54 Å². The van der Waals surface area contributed by atoms with Crippen molar-refractivity contribution < 1.29 is 9.13 Å². The first kappa shape index (κ1) is 13.6. The Labute approximate surface area is 123 Å². The molecule has 0 saturated carbocycles. The van der Waals surface area contributed by atoms with Crippen LogP contribution in [0.5, 0.6) is 5.75 Å². The van der Waals surface area contributed by atoms with Gasteiger partial charge < -0.3 is 10.1 Å². The van der Waals surface area contributed by atoms with Gasteiger partial charge in [0.25, 0.3) is 0 Å². The van der Waals surface area contributed by atoms with Crippen molar-refractivity contribution in [1.82, 2.24) is 5.32 Å². The molecule has 3 nitrogen and oxygen atoms in total. The van der Waals surface area contributed by atoms with Crippen molar-refractivity contribution in [3.63, 3.8) is 0 Å². The highest BCUT2D eigenvalue weighted by molar-refractivity contribution is 5.37. The predicted octanol–water partition coefficient (Wildman–Crippen LogP) is 2.92. The van der Waals surface area contributed by atoms with Gasteiger partial charge in [-0.15, -0.1) is 0 Å². The molecule has 1 aliphatic heterocycles. The summed E-state index contributed by atoms with van der Waals surface area (Å²) in [5, 5.41) is 12.0. The molecule has 1 aliphatic rings. The lowest BCUT2D eigenvalue weighted by Crippen LogP contribution is -2.23. The smallest absolute Gasteiger partial charge is 0.131 e. The third kappa shape index (κ3) is 3.04. The van der Waals surface area contributed by atoms with Crippen LogP contribution in [0.2, 0.25) is 0 Å². The van der Waals surface area contributed by atoms with E-state index in [0.29, 0.717) is 11.1 Å². The van der Waals surface area contributed by atoms with Gasteiger partial charge in [-0.1, -0.05) is 12.1 Å². The molecule has 0 saturated heterocycles. The van der Waals surface area contributed by atoms with Crippen LogP contribution < -0.4 is 10.1 Å². The third-order valence-electron chi connectivity index (χ3n) is 3.64. The predicted molar refractivity (Wildman–Crippen MR) is 77.3 cm³/mol. The first-order chi connectivity index (χ1) is 10.3. The second-order valence-electron chi connectivity index (χ2n) is 5.06. The number of nitrogens with one attached hydrogen (secondary N) is 1. The van der Waals surface area contributed by atoms with Gasteiger partial charge in [0, 0.05) is 12.1 Å². The van der Waals surface area contributed by atoms with Crippen molar-refractivity contribution in [2.24, 2.45) is 0 Å². The second kappa shape index (κ2) is 5.94. The molecule has 0 fully saturated rings. The lowest BCUT2D eigenvalue weighted by atomic mass is 10.0. The summed E-state index contributed by atoms with van der Waals surface area (Å²) in [6.07, 6.45) is 1.03. The molecule has 0 amide bonds. The molecule has 106 valence electrons. The first-order valence-corrected chi connectivity index (χ1v) is 6.90. The molecule has 4 heteroatoms. The van der Waals surface area contributed by atoms with Gasteiger partial charge in [0.2, 0.25) is 0 Å². The Morgan fingerprint density at radius 3 is 2.90 bits per heavy atom. The highest BCUT2D eigenvalue weighted by Gasteiger charge is 2.10. The maximum absolute atomic E-state index is 13.8. The van der Waals surface area contributed by atoms with E-state index in [1.54, 1.807) is 12.1 Å². The number of nitrogens with zero attached hydrogens (tertiary/aromatic N) is 1. The Morgan fingerprint density at radius 2 is 2.10 bits per heavy atom. The molecule has 0 atom stereocenters. The van der Waals surface area contributed by atoms with Gasteiger partial charge >= 0.3 is 0 Å². The van der Waals surface area contributed by atoms with Crippen LogP contribution in [0.4, 0.5) is 4.39 Å². The normalized spacial score (nSPS) is 13.3. The van der Waals surface area contributed by atoms with Crippen molar-refractivity contribution in [2.75, 3.05) is 6.54 Å². The Balaban J connectivity index is 1.72. The highest BCUT2D eigenvalue weighted by atomic mass is 19.1. The molecule has 0 spiro atoms. The van der Waals surface area contributed by atoms with Crippen molar-refractivity contribution in [3.05, 3.63) is 64.5 Å². The molecular weight excluding hydrogens is 267 g/mol. The molecule has 0 aliphatic carbocycles. The van der Waals surface area contributed by atoms with Crippen LogP contribution in [0.15, 0.2) is 36.4 Å². The third-order valence-corrected chi connectivity index (χ3v) is 3.64. The fourth-order valence-electron chi connectivity index (χ4n) is 2.44. The van der Waals surface area contributed by atoms with Gasteiger partial charge in [0.05, 0.1) is 11.6 Å². The van der Waals surface area contributed by atoms with Crippen molar-refractivity contribution in [3.8, 4) is 11.8 Å². The molecule has 1 N–H and O–H groups in total. The summed E-state index contributed by atoms with van der Waals surface area (Å²) in [6, 6.07) is 12.3. The summed E-state index contributed by atoms with van der Waals surface area (Å²) in [5.41, 5.74) is 3.34. The van der Waals surface area contributed by atoms with Gasteiger partial charge in [0.15, 0.2) is 0 Å². The topological polar surface area (TPSA) is 45.0 Å². The fourth-order valence-corrected chi connectivity index (χ4v) is 2.44. The van der Waals surface area contributed by atoms with Crippen molar-refractivity contribution in [1.29, 1.82) is 5.26 Å². The van der Waals surface area contributed by atoms with E-state index in [9.17, 15) is 4.39 Å². The Morgan fingerprint density at radius 1 is 1.19 bits per heavy atom. The first-order valence-electron chi connectivity index (χ1n) is 6.90. The van der Waals surface area contributed by atoms with E-state index >= 15 is 0 Å². The number of hydrogen-bond donors (Lipinski definition) is 1. The number of benzene rings is 2. The van der Waals surface area contributed by atoms with E-state index in [-0.39, 0.29) is 6.61 Å². The van der Waals surface area contributed by atoms with Gasteiger partial charge in [0.1, 0.15) is 18.2 Å². The molecule has 0 aromatic heterocycles. The molecule has 2 aromatic carbocycles. The standard InChI is InChI=1S/C17H15FN2O/c18-17-7-12(9-19)1-2-14(17)11-21-16-4-3-13-5-6-20-10-15(13)8-16/h1-4,7-8,20H,5-6,10-11H2. The Bertz CT molecular complexity index is 706. The number of hydrogen-bond acceptors (Lipinski definition) is 3. The zero-order valence-corrected chi connectivity index (χ0v) is 11.5. The Hall–Kier alpha value is -2.38. The zero-order valence-electron chi connectivity index (χ0n) is 11.5. The minimum atomic E-state index is -0.409. The summed E-state index contributed by atoms with van der Waals surface area (Å²) in [4.78, 5) is 0. The molecular formula is C17H15FN2O. The fraction of sp³-hybridized carbons (Fsp3) is 0.235. The van der Waals surface area contributed by atoms with Crippen LogP contribution >= 0.6 is 0 Å². The lowest BCUT2D eigenvalue weighted by Gasteiger charge is -2.18. The van der Waals surface area contributed by atoms with E-state index in [1.807, 2.05) is 18.2 Å². The molecule has 2 aromatic rings. The number of nitriles is 1. The molecule has 21 heavy (non-hydrogen) atoms. The molecule has 3 rings (SSSR count). The monoisotopic (exact) mass is 282 g/mol. The minimum absolute atomic E-state index is 0.157. The van der Waals surface area contributed by atoms with Gasteiger partial charge in [-0.3, -0.25) is 0 Å². The van der Waals surface area contributed by atoms with E-state index in [0.717, 1.165) is 25.3 Å². The number of halogens is 1. The SMILES string of the molecule is N#Cc1ccc(COc2ccc3c(c2)CNCC3)c(F)c1. The number of rotatable bonds is 3. The van der Waals surface area contributed by atoms with Crippen LogP contribution in [0, 0.1) is 17.1 Å². The maximum atomic E-state index is 13.8. The maximum Gasteiger partial charge on any atom is 0.131 e. The molecule has 0 bridgehead atoms. The minimum Gasteiger partial charge on any atom is -0.489 e. The number of fused-ring (bicyclic) bond motifs is 1. The Kier molecular flexibility index (Phi) is 3.85. The van der Waals surface area contributed by atoms with Crippen molar-refractivity contribution >= 4 is 0 Å². The van der Waals surface area contributed by atoms with Crippen LogP contribution in [0.25, 0.3) is 0 Å². The second-order valence-corrected chi connectivity index (χ2v) is 5.06. The highest BCUT2D eigenvalue weighted by Crippen LogP contribution is 2.22. The van der Waals surface area contributed by atoms with Gasteiger partial charge in [-0.2, -0.15) is 5.26 Å². The zero-order chi connectivity index (χ0) is 14.7. The summed E-state index contributed by atoms with van der Waals surface area (Å²) < 4.78 is 19.4. The summed E-state index contributed by atoms with van der Waals surface area (Å²) in [7, 11) is 0. The van der Waals surface area contributed by atoms with Crippen molar-refractivity contribution in [2.45, 2.75) is 19.6 Å². The van der Waals surface area contributed by atoms with Gasteiger partial charge in [-0.25, -0.2) is 4.39 Å². The summed E-state index contributed by atoms with van der Waals surface area (Å²) in [5.74, 6) is 0.329. The van der Waals surface area contributed by atoms with E-state index < -0.39 is 5.82 Å². The van der Waals surface area contributed by atoms with E-state index in [2.05, 4.69) is 11.4 Å². The van der Waals surface area contributed by atoms with E-state index in [1.165, 1.54) is 17.2 Å².